The minimum atomic E-state index is -0.470. The summed E-state index contributed by atoms with van der Waals surface area (Å²) in [5, 5.41) is 24.3. The Bertz CT molecular complexity index is 1980. The van der Waals surface area contributed by atoms with Crippen molar-refractivity contribution in [2.75, 3.05) is 0 Å². The number of rotatable bonds is 11. The highest BCUT2D eigenvalue weighted by Crippen LogP contribution is 2.53. The molecule has 0 saturated carbocycles. The van der Waals surface area contributed by atoms with Crippen molar-refractivity contribution in [3.05, 3.63) is 190 Å². The van der Waals surface area contributed by atoms with E-state index in [1.54, 1.807) is 0 Å². The molecular formula is C48H50O2S2. The average Bonchev–Trinajstić information content (AvgIpc) is 3.16. The van der Waals surface area contributed by atoms with Crippen molar-refractivity contribution in [3.63, 3.8) is 0 Å². The van der Waals surface area contributed by atoms with Crippen LogP contribution in [0.3, 0.4) is 0 Å². The lowest BCUT2D eigenvalue weighted by Gasteiger charge is -2.33. The predicted molar refractivity (Wildman–Crippen MR) is 222 cm³/mol. The molecule has 0 aliphatic carbocycles. The third-order valence-electron chi connectivity index (χ3n) is 11.1. The Morgan fingerprint density at radius 3 is 0.846 bits per heavy atom. The summed E-state index contributed by atoms with van der Waals surface area (Å²) in [7, 11) is 3.00. The number of hydrogen-bond donors (Lipinski definition) is 2. The van der Waals surface area contributed by atoms with Gasteiger partial charge in [0.1, 0.15) is 11.5 Å². The number of hydrogen-bond acceptors (Lipinski definition) is 4. The van der Waals surface area contributed by atoms with E-state index in [2.05, 4.69) is 177 Å². The fraction of sp³-hybridized carbons (Fsp3) is 0.250. The van der Waals surface area contributed by atoms with Crippen molar-refractivity contribution in [1.82, 2.24) is 0 Å². The van der Waals surface area contributed by atoms with Gasteiger partial charge < -0.3 is 10.2 Å². The highest BCUT2D eigenvalue weighted by Gasteiger charge is 2.34. The zero-order valence-corrected chi connectivity index (χ0v) is 33.2. The lowest BCUT2D eigenvalue weighted by molar-refractivity contribution is 0.438. The molecule has 2 nitrogen and oxygen atoms in total. The normalized spacial score (nSPS) is 12.5. The Morgan fingerprint density at radius 2 is 0.577 bits per heavy atom. The van der Waals surface area contributed by atoms with Gasteiger partial charge in [-0.15, -0.1) is 0 Å². The van der Waals surface area contributed by atoms with E-state index in [1.807, 2.05) is 24.3 Å². The molecule has 0 atom stereocenters. The summed E-state index contributed by atoms with van der Waals surface area (Å²) in [4.78, 5) is 1.53. The topological polar surface area (TPSA) is 40.5 Å². The van der Waals surface area contributed by atoms with Crippen LogP contribution in [0, 0.1) is 0 Å². The van der Waals surface area contributed by atoms with E-state index in [0.29, 0.717) is 0 Å². The van der Waals surface area contributed by atoms with Crippen LogP contribution in [0.5, 0.6) is 11.5 Å². The SMILES string of the molecule is CC(C)(c1ccccc1)c1cc(SSc2cc(C(C)(C)c3ccccc3)cc(C(C)(C)c3ccccc3)c2O)c(O)c(C(C)(C)c2ccccc2)c1. The summed E-state index contributed by atoms with van der Waals surface area (Å²) in [5.41, 5.74) is 7.05. The third kappa shape index (κ3) is 7.16. The second-order valence-electron chi connectivity index (χ2n) is 15.9. The number of phenols is 2. The minimum absolute atomic E-state index is 0.268. The zero-order valence-electron chi connectivity index (χ0n) is 31.6. The van der Waals surface area contributed by atoms with Crippen molar-refractivity contribution in [1.29, 1.82) is 0 Å². The third-order valence-corrected chi connectivity index (χ3v) is 13.5. The molecule has 0 spiro atoms. The van der Waals surface area contributed by atoms with Gasteiger partial charge in [-0.2, -0.15) is 0 Å². The van der Waals surface area contributed by atoms with Gasteiger partial charge in [-0.1, -0.05) is 189 Å². The summed E-state index contributed by atoms with van der Waals surface area (Å²) in [6, 6.07) is 50.5. The molecule has 266 valence electrons. The molecule has 52 heavy (non-hydrogen) atoms. The lowest BCUT2D eigenvalue weighted by Crippen LogP contribution is -2.23. The van der Waals surface area contributed by atoms with Gasteiger partial charge in [-0.3, -0.25) is 0 Å². The van der Waals surface area contributed by atoms with Crippen molar-refractivity contribution in [2.24, 2.45) is 0 Å². The summed E-state index contributed by atoms with van der Waals surface area (Å²) in [5.74, 6) is 0.535. The van der Waals surface area contributed by atoms with Crippen LogP contribution in [-0.2, 0) is 21.7 Å². The molecule has 0 amide bonds. The zero-order chi connectivity index (χ0) is 37.3. The number of phenolic OH excluding ortho intramolecular Hbond substituents is 2. The van der Waals surface area contributed by atoms with Gasteiger partial charge in [0.2, 0.25) is 0 Å². The first-order valence-corrected chi connectivity index (χ1v) is 20.1. The van der Waals surface area contributed by atoms with Gasteiger partial charge >= 0.3 is 0 Å². The first kappa shape index (κ1) is 37.4. The Hall–Kier alpha value is -4.38. The number of benzene rings is 6. The van der Waals surface area contributed by atoms with Crippen molar-refractivity contribution in [3.8, 4) is 11.5 Å². The summed E-state index contributed by atoms with van der Waals surface area (Å²) >= 11 is 0. The molecule has 0 aromatic heterocycles. The van der Waals surface area contributed by atoms with Crippen LogP contribution in [0.1, 0.15) is 99.9 Å². The largest absolute Gasteiger partial charge is 0.506 e. The first-order chi connectivity index (χ1) is 24.6. The summed E-state index contributed by atoms with van der Waals surface area (Å²) < 4.78 is 0. The van der Waals surface area contributed by atoms with E-state index in [1.165, 1.54) is 32.7 Å². The summed E-state index contributed by atoms with van der Waals surface area (Å²) in [6.45, 7) is 17.7. The molecule has 6 aromatic rings. The van der Waals surface area contributed by atoms with Crippen LogP contribution in [-0.4, -0.2) is 10.2 Å². The van der Waals surface area contributed by atoms with Crippen LogP contribution in [0.4, 0.5) is 0 Å². The van der Waals surface area contributed by atoms with Crippen LogP contribution in [0.25, 0.3) is 0 Å². The predicted octanol–water partition coefficient (Wildman–Crippen LogP) is 13.2. The molecule has 0 fully saturated rings. The van der Waals surface area contributed by atoms with E-state index in [4.69, 9.17) is 0 Å². The van der Waals surface area contributed by atoms with E-state index < -0.39 is 10.8 Å². The molecule has 0 radical (unpaired) electrons. The minimum Gasteiger partial charge on any atom is -0.506 e. The molecule has 4 heteroatoms. The molecule has 0 saturated heterocycles. The second-order valence-corrected chi connectivity index (χ2v) is 18.1. The quantitative estimate of drug-likeness (QED) is 0.131. The van der Waals surface area contributed by atoms with Gasteiger partial charge in [-0.25, -0.2) is 0 Å². The maximum absolute atomic E-state index is 12.2. The fourth-order valence-corrected chi connectivity index (χ4v) is 9.38. The van der Waals surface area contributed by atoms with Gasteiger partial charge in [-0.05, 0) is 67.1 Å². The smallest absolute Gasteiger partial charge is 0.134 e. The summed E-state index contributed by atoms with van der Waals surface area (Å²) in [6.07, 6.45) is 0. The van der Waals surface area contributed by atoms with Crippen molar-refractivity contribution < 1.29 is 10.2 Å². The van der Waals surface area contributed by atoms with E-state index in [-0.39, 0.29) is 22.3 Å². The lowest BCUT2D eigenvalue weighted by atomic mass is 9.73. The Labute approximate surface area is 318 Å². The van der Waals surface area contributed by atoms with Crippen molar-refractivity contribution >= 4 is 21.6 Å². The molecule has 0 aliphatic heterocycles. The monoisotopic (exact) mass is 722 g/mol. The number of aromatic hydroxyl groups is 2. The highest BCUT2D eigenvalue weighted by atomic mass is 33.1. The molecule has 0 heterocycles. The van der Waals surface area contributed by atoms with Crippen LogP contribution in [0.2, 0.25) is 0 Å². The molecule has 0 bridgehead atoms. The van der Waals surface area contributed by atoms with E-state index in [0.717, 1.165) is 43.2 Å². The Morgan fingerprint density at radius 1 is 0.327 bits per heavy atom. The average molecular weight is 723 g/mol. The van der Waals surface area contributed by atoms with Crippen LogP contribution in [0.15, 0.2) is 155 Å². The Kier molecular flexibility index (Phi) is 10.5. The van der Waals surface area contributed by atoms with Crippen molar-refractivity contribution in [2.45, 2.75) is 86.8 Å². The highest BCUT2D eigenvalue weighted by molar-refractivity contribution is 8.76. The fourth-order valence-electron chi connectivity index (χ4n) is 7.17. The van der Waals surface area contributed by atoms with Gasteiger partial charge in [0, 0.05) is 32.8 Å². The second kappa shape index (κ2) is 14.6. The first-order valence-electron chi connectivity index (χ1n) is 18.0. The van der Waals surface area contributed by atoms with Gasteiger partial charge in [0.05, 0.1) is 9.79 Å². The van der Waals surface area contributed by atoms with E-state index >= 15 is 0 Å². The van der Waals surface area contributed by atoms with E-state index in [9.17, 15) is 10.2 Å². The Balaban J connectivity index is 1.50. The molecular weight excluding hydrogens is 673 g/mol. The standard InChI is InChI=1S/C48H50O2S2/c1-45(2,33-21-13-9-14-22-33)37-29-39(47(5,6)35-25-17-11-18-26-35)43(49)41(31-37)51-52-42-32-38(46(3,4)34-23-15-10-16-24-34)30-40(44(42)50)48(7,8)36-27-19-12-20-28-36/h9-32,49-50H,1-8H3. The molecule has 0 unspecified atom stereocenters. The molecule has 0 aliphatic rings. The maximum Gasteiger partial charge on any atom is 0.134 e. The van der Waals surface area contributed by atoms with Gasteiger partial charge in [0.25, 0.3) is 0 Å². The molecule has 6 aromatic carbocycles. The molecule has 6 rings (SSSR count). The van der Waals surface area contributed by atoms with Crippen LogP contribution < -0.4 is 0 Å². The maximum atomic E-state index is 12.2. The van der Waals surface area contributed by atoms with Gasteiger partial charge in [0.15, 0.2) is 0 Å². The molecule has 2 N–H and O–H groups in total. The van der Waals surface area contributed by atoms with Crippen LogP contribution >= 0.6 is 21.6 Å².